The van der Waals surface area contributed by atoms with Gasteiger partial charge >= 0.3 is 0 Å². The second-order valence-electron chi connectivity index (χ2n) is 6.61. The fourth-order valence-corrected chi connectivity index (χ4v) is 3.54. The minimum absolute atomic E-state index is 0.0382. The Kier molecular flexibility index (Phi) is 4.31. The van der Waals surface area contributed by atoms with Gasteiger partial charge in [0, 0.05) is 51.0 Å². The lowest BCUT2D eigenvalue weighted by atomic mass is 10.1. The van der Waals surface area contributed by atoms with Gasteiger partial charge < -0.3 is 9.64 Å². The monoisotopic (exact) mass is 339 g/mol. The van der Waals surface area contributed by atoms with Crippen LogP contribution in [0.2, 0.25) is 0 Å². The topological polar surface area (TPSA) is 71.5 Å². The third-order valence-electron chi connectivity index (χ3n) is 4.80. The van der Waals surface area contributed by atoms with Crippen molar-refractivity contribution >= 4 is 5.91 Å². The van der Waals surface area contributed by atoms with E-state index >= 15 is 0 Å². The summed E-state index contributed by atoms with van der Waals surface area (Å²) >= 11 is 0. The van der Waals surface area contributed by atoms with E-state index in [1.165, 1.54) is 0 Å². The number of hydrogen-bond donors (Lipinski definition) is 0. The van der Waals surface area contributed by atoms with Gasteiger partial charge in [-0.25, -0.2) is 4.98 Å². The van der Waals surface area contributed by atoms with E-state index in [9.17, 15) is 4.79 Å². The van der Waals surface area contributed by atoms with Crippen LogP contribution in [0.15, 0.2) is 36.9 Å². The van der Waals surface area contributed by atoms with Crippen LogP contribution in [0, 0.1) is 6.92 Å². The standard InChI is InChI=1S/C18H21N5O2/c1-13-8-21-17(10-20-13)18(24)23-6-5-22-12-16(7-14(22)11-23)25-15-3-2-4-19-9-15/h2-4,8-10,14,16H,5-7,11-12H2,1H3/t14-,16+/m0/s1. The number of carbonyl (C=O) groups excluding carboxylic acids is 1. The van der Waals surface area contributed by atoms with Gasteiger partial charge in [-0.3, -0.25) is 19.7 Å². The van der Waals surface area contributed by atoms with E-state index in [-0.39, 0.29) is 12.0 Å². The smallest absolute Gasteiger partial charge is 0.274 e. The molecule has 25 heavy (non-hydrogen) atoms. The van der Waals surface area contributed by atoms with Crippen LogP contribution in [0.1, 0.15) is 22.6 Å². The molecule has 7 nitrogen and oxygen atoms in total. The molecule has 0 spiro atoms. The SMILES string of the molecule is Cc1cnc(C(=O)N2CCN3C[C@H](Oc4cccnc4)C[C@H]3C2)cn1. The van der Waals surface area contributed by atoms with E-state index in [1.54, 1.807) is 24.8 Å². The van der Waals surface area contributed by atoms with E-state index in [1.807, 2.05) is 24.0 Å². The van der Waals surface area contributed by atoms with Crippen LogP contribution >= 0.6 is 0 Å². The Labute approximate surface area is 146 Å². The summed E-state index contributed by atoms with van der Waals surface area (Å²) in [5, 5.41) is 0. The van der Waals surface area contributed by atoms with Crippen LogP contribution in [0.5, 0.6) is 5.75 Å². The number of pyridine rings is 1. The Balaban J connectivity index is 1.38. The summed E-state index contributed by atoms with van der Waals surface area (Å²) in [6.45, 7) is 5.04. The summed E-state index contributed by atoms with van der Waals surface area (Å²) in [5.74, 6) is 0.763. The van der Waals surface area contributed by atoms with Crippen molar-refractivity contribution in [2.75, 3.05) is 26.2 Å². The van der Waals surface area contributed by atoms with Crippen molar-refractivity contribution in [2.45, 2.75) is 25.5 Å². The molecule has 2 aromatic rings. The Morgan fingerprint density at radius 1 is 1.20 bits per heavy atom. The number of amides is 1. The highest BCUT2D eigenvalue weighted by molar-refractivity contribution is 5.92. The molecule has 130 valence electrons. The number of hydrogen-bond acceptors (Lipinski definition) is 6. The molecular formula is C18H21N5O2. The van der Waals surface area contributed by atoms with Crippen LogP contribution in [-0.4, -0.2) is 69.0 Å². The number of carbonyl (C=O) groups is 1. The lowest BCUT2D eigenvalue weighted by molar-refractivity contribution is 0.0563. The van der Waals surface area contributed by atoms with E-state index in [0.29, 0.717) is 24.8 Å². The molecule has 0 radical (unpaired) electrons. The van der Waals surface area contributed by atoms with Crippen LogP contribution in [0.3, 0.4) is 0 Å². The number of piperazine rings is 1. The molecule has 4 rings (SSSR count). The zero-order chi connectivity index (χ0) is 17.2. The first-order valence-corrected chi connectivity index (χ1v) is 8.58. The first kappa shape index (κ1) is 16.0. The van der Waals surface area contributed by atoms with Crippen molar-refractivity contribution in [3.63, 3.8) is 0 Å². The molecule has 2 aromatic heterocycles. The van der Waals surface area contributed by atoms with Gasteiger partial charge in [0.2, 0.25) is 0 Å². The van der Waals surface area contributed by atoms with Gasteiger partial charge in [0.1, 0.15) is 17.5 Å². The fourth-order valence-electron chi connectivity index (χ4n) is 3.54. The highest BCUT2D eigenvalue weighted by Crippen LogP contribution is 2.26. The summed E-state index contributed by atoms with van der Waals surface area (Å²) in [6, 6.07) is 4.13. The Hall–Kier alpha value is -2.54. The van der Waals surface area contributed by atoms with Crippen LogP contribution in [-0.2, 0) is 0 Å². The van der Waals surface area contributed by atoms with Crippen molar-refractivity contribution in [3.8, 4) is 5.75 Å². The molecule has 0 aliphatic carbocycles. The molecule has 0 aromatic carbocycles. The average Bonchev–Trinajstić information content (AvgIpc) is 3.04. The first-order valence-electron chi connectivity index (χ1n) is 8.58. The predicted octanol–water partition coefficient (Wildman–Crippen LogP) is 1.16. The number of rotatable bonds is 3. The Bertz CT molecular complexity index is 737. The minimum atomic E-state index is -0.0382. The predicted molar refractivity (Wildman–Crippen MR) is 91.3 cm³/mol. The fraction of sp³-hybridized carbons (Fsp3) is 0.444. The van der Waals surface area contributed by atoms with Crippen molar-refractivity contribution in [1.29, 1.82) is 0 Å². The molecule has 0 N–H and O–H groups in total. The molecule has 0 saturated carbocycles. The molecule has 2 aliphatic rings. The Morgan fingerprint density at radius 2 is 2.12 bits per heavy atom. The largest absolute Gasteiger partial charge is 0.487 e. The molecule has 0 unspecified atom stereocenters. The van der Waals surface area contributed by atoms with Gasteiger partial charge in [0.05, 0.1) is 18.1 Å². The second kappa shape index (κ2) is 6.76. The summed E-state index contributed by atoms with van der Waals surface area (Å²) in [4.78, 5) is 29.4. The Morgan fingerprint density at radius 3 is 2.88 bits per heavy atom. The van der Waals surface area contributed by atoms with Crippen LogP contribution < -0.4 is 4.74 Å². The van der Waals surface area contributed by atoms with Gasteiger partial charge in [-0.1, -0.05) is 0 Å². The van der Waals surface area contributed by atoms with Crippen molar-refractivity contribution in [1.82, 2.24) is 24.8 Å². The zero-order valence-electron chi connectivity index (χ0n) is 14.2. The summed E-state index contributed by atoms with van der Waals surface area (Å²) < 4.78 is 6.03. The molecule has 1 amide bonds. The maximum absolute atomic E-state index is 12.6. The molecule has 2 fully saturated rings. The summed E-state index contributed by atoms with van der Waals surface area (Å²) in [7, 11) is 0. The number of aryl methyl sites for hydroxylation is 1. The average molecular weight is 339 g/mol. The lowest BCUT2D eigenvalue weighted by Gasteiger charge is -2.36. The number of nitrogens with zero attached hydrogens (tertiary/aromatic N) is 5. The molecule has 2 aliphatic heterocycles. The molecule has 2 saturated heterocycles. The number of aromatic nitrogens is 3. The lowest BCUT2D eigenvalue weighted by Crippen LogP contribution is -2.52. The van der Waals surface area contributed by atoms with Crippen LogP contribution in [0.25, 0.3) is 0 Å². The highest BCUT2D eigenvalue weighted by Gasteiger charge is 2.38. The van der Waals surface area contributed by atoms with E-state index in [2.05, 4.69) is 19.9 Å². The second-order valence-corrected chi connectivity index (χ2v) is 6.61. The van der Waals surface area contributed by atoms with Crippen LogP contribution in [0.4, 0.5) is 0 Å². The number of fused-ring (bicyclic) bond motifs is 1. The molecular weight excluding hydrogens is 318 g/mol. The highest BCUT2D eigenvalue weighted by atomic mass is 16.5. The minimum Gasteiger partial charge on any atom is -0.487 e. The maximum Gasteiger partial charge on any atom is 0.274 e. The van der Waals surface area contributed by atoms with E-state index in [0.717, 1.165) is 31.0 Å². The van der Waals surface area contributed by atoms with Gasteiger partial charge in [0.15, 0.2) is 0 Å². The summed E-state index contributed by atoms with van der Waals surface area (Å²) in [6.07, 6.45) is 7.73. The van der Waals surface area contributed by atoms with Gasteiger partial charge in [-0.05, 0) is 19.1 Å². The van der Waals surface area contributed by atoms with Crippen molar-refractivity contribution in [3.05, 3.63) is 48.3 Å². The molecule has 2 atom stereocenters. The van der Waals surface area contributed by atoms with Gasteiger partial charge in [0.25, 0.3) is 5.91 Å². The van der Waals surface area contributed by atoms with Crippen molar-refractivity contribution < 1.29 is 9.53 Å². The molecule has 4 heterocycles. The zero-order valence-corrected chi connectivity index (χ0v) is 14.2. The van der Waals surface area contributed by atoms with Gasteiger partial charge in [-0.2, -0.15) is 0 Å². The maximum atomic E-state index is 12.6. The third-order valence-corrected chi connectivity index (χ3v) is 4.80. The summed E-state index contributed by atoms with van der Waals surface area (Å²) in [5.41, 5.74) is 1.23. The van der Waals surface area contributed by atoms with E-state index < -0.39 is 0 Å². The molecule has 0 bridgehead atoms. The molecule has 7 heteroatoms. The number of ether oxygens (including phenoxy) is 1. The first-order chi connectivity index (χ1) is 12.2. The normalized spacial score (nSPS) is 23.3. The van der Waals surface area contributed by atoms with E-state index in [4.69, 9.17) is 4.74 Å². The van der Waals surface area contributed by atoms with Gasteiger partial charge in [-0.15, -0.1) is 0 Å². The van der Waals surface area contributed by atoms with Crippen molar-refractivity contribution in [2.24, 2.45) is 0 Å². The third kappa shape index (κ3) is 3.46. The quantitative estimate of drug-likeness (QED) is 0.836.